The van der Waals surface area contributed by atoms with Crippen molar-refractivity contribution in [2.75, 3.05) is 0 Å². The van der Waals surface area contributed by atoms with Crippen molar-refractivity contribution in [3.8, 4) is 0 Å². The minimum absolute atomic E-state index is 0.151. The third-order valence-corrected chi connectivity index (χ3v) is 3.69. The molecule has 1 atom stereocenters. The van der Waals surface area contributed by atoms with Crippen LogP contribution in [-0.4, -0.2) is 10.1 Å². The fraction of sp³-hybridized carbons (Fsp3) is 0.364. The molecule has 1 aliphatic carbocycles. The molecule has 2 rings (SSSR count). The molecule has 1 aliphatic rings. The number of aryl methyl sites for hydroxylation is 1. The second kappa shape index (κ2) is 4.30. The Hall–Kier alpha value is -0.680. The van der Waals surface area contributed by atoms with E-state index in [-0.39, 0.29) is 4.90 Å². The summed E-state index contributed by atoms with van der Waals surface area (Å²) < 4.78 is 47.9. The van der Waals surface area contributed by atoms with Crippen LogP contribution in [0.3, 0.4) is 0 Å². The van der Waals surface area contributed by atoms with Gasteiger partial charge in [0.15, 0.2) is 4.90 Å². The quantitative estimate of drug-likeness (QED) is 0.699. The van der Waals surface area contributed by atoms with Crippen molar-refractivity contribution in [1.29, 1.82) is 0 Å². The van der Waals surface area contributed by atoms with E-state index < -0.39 is 16.7 Å². The molecule has 0 aliphatic heterocycles. The molecule has 0 heterocycles. The van der Waals surface area contributed by atoms with Crippen LogP contribution in [0.15, 0.2) is 23.1 Å². The van der Waals surface area contributed by atoms with Crippen LogP contribution in [0.25, 0.3) is 0 Å². The zero-order valence-electron chi connectivity index (χ0n) is 8.38. The molecule has 0 N–H and O–H groups in total. The highest BCUT2D eigenvalue weighted by Gasteiger charge is 2.46. The Kier molecular flexibility index (Phi) is 3.17. The summed E-state index contributed by atoms with van der Waals surface area (Å²) in [6.07, 6.45) is 4.50. The van der Waals surface area contributed by atoms with Gasteiger partial charge in [0, 0.05) is 0 Å². The molecule has 0 bridgehead atoms. The molecule has 1 aromatic carbocycles. The fourth-order valence-electron chi connectivity index (χ4n) is 1.80. The Morgan fingerprint density at radius 1 is 1.19 bits per heavy atom. The van der Waals surface area contributed by atoms with E-state index in [1.54, 1.807) is 6.07 Å². The first-order valence-corrected chi connectivity index (χ1v) is 6.05. The van der Waals surface area contributed by atoms with Crippen LogP contribution in [0.2, 0.25) is 0 Å². The van der Waals surface area contributed by atoms with Crippen molar-refractivity contribution < 1.29 is 17.7 Å². The molecule has 5 heteroatoms. The number of halogens is 3. The number of fused-ring (bicyclic) bond motifs is 1. The van der Waals surface area contributed by atoms with Gasteiger partial charge in [-0.1, -0.05) is 6.07 Å². The zero-order valence-corrected chi connectivity index (χ0v) is 9.20. The Morgan fingerprint density at radius 3 is 2.62 bits per heavy atom. The highest BCUT2D eigenvalue weighted by atomic mass is 32.2. The Morgan fingerprint density at radius 2 is 1.94 bits per heavy atom. The average molecular weight is 247 g/mol. The second-order valence-electron chi connectivity index (χ2n) is 3.68. The summed E-state index contributed by atoms with van der Waals surface area (Å²) in [5.74, 6) is 0. The molecule has 0 saturated carbocycles. The van der Waals surface area contributed by atoms with Gasteiger partial charge in [-0.25, -0.2) is 0 Å². The van der Waals surface area contributed by atoms with Crippen LogP contribution in [0, 0.1) is 6.42 Å². The molecule has 1 unspecified atom stereocenters. The molecule has 0 amide bonds. The van der Waals surface area contributed by atoms with Crippen LogP contribution < -0.4 is 0 Å². The van der Waals surface area contributed by atoms with Crippen LogP contribution >= 0.6 is 0 Å². The van der Waals surface area contributed by atoms with E-state index >= 15 is 0 Å². The molecule has 1 nitrogen and oxygen atoms in total. The third kappa shape index (κ3) is 2.35. The highest BCUT2D eigenvalue weighted by molar-refractivity contribution is 7.92. The molecule has 16 heavy (non-hydrogen) atoms. The summed E-state index contributed by atoms with van der Waals surface area (Å²) >= 11 is -2.91. The van der Waals surface area contributed by atoms with E-state index in [0.717, 1.165) is 24.0 Å². The lowest BCUT2D eigenvalue weighted by Crippen LogP contribution is -2.23. The monoisotopic (exact) mass is 247 g/mol. The van der Waals surface area contributed by atoms with E-state index in [9.17, 15) is 17.7 Å². The minimum Gasteiger partial charge on any atom is -0.604 e. The molecule has 0 saturated heterocycles. The molecule has 87 valence electrons. The van der Waals surface area contributed by atoms with Gasteiger partial charge in [-0.05, 0) is 48.9 Å². The van der Waals surface area contributed by atoms with E-state index in [0.29, 0.717) is 6.42 Å². The van der Waals surface area contributed by atoms with Crippen molar-refractivity contribution in [2.45, 2.75) is 29.7 Å². The SMILES string of the molecule is [O-][S+](c1ccc2c(c1)C[CH]CC2)C(F)(F)F. The number of rotatable bonds is 1. The van der Waals surface area contributed by atoms with E-state index in [2.05, 4.69) is 0 Å². The number of benzene rings is 1. The maximum atomic E-state index is 12.3. The normalized spacial score (nSPS) is 18.0. The summed E-state index contributed by atoms with van der Waals surface area (Å²) in [5.41, 5.74) is -2.75. The standard InChI is InChI=1S/C11H10F3OS/c12-11(13,14)16(15)10-6-5-8-3-1-2-4-9(8)7-10/h2,5-7H,1,3-4H2. The lowest BCUT2D eigenvalue weighted by Gasteiger charge is -2.17. The molecule has 0 fully saturated rings. The maximum Gasteiger partial charge on any atom is 0.578 e. The summed E-state index contributed by atoms with van der Waals surface area (Å²) in [4.78, 5) is -0.151. The van der Waals surface area contributed by atoms with Gasteiger partial charge in [0.05, 0.1) is 11.2 Å². The molecular formula is C11H10F3OS. The van der Waals surface area contributed by atoms with E-state index in [1.165, 1.54) is 12.1 Å². The highest BCUT2D eigenvalue weighted by Crippen LogP contribution is 2.32. The fourth-order valence-corrected chi connectivity index (χ4v) is 2.51. The van der Waals surface area contributed by atoms with Crippen molar-refractivity contribution in [3.05, 3.63) is 35.7 Å². The average Bonchev–Trinajstić information content (AvgIpc) is 2.26. The maximum absolute atomic E-state index is 12.3. The van der Waals surface area contributed by atoms with E-state index in [1.807, 2.05) is 6.42 Å². The number of hydrogen-bond acceptors (Lipinski definition) is 1. The van der Waals surface area contributed by atoms with Crippen molar-refractivity contribution >= 4 is 11.2 Å². The second-order valence-corrected chi connectivity index (χ2v) is 5.15. The smallest absolute Gasteiger partial charge is 0.578 e. The Bertz CT molecular complexity index is 389. The zero-order chi connectivity index (χ0) is 11.8. The van der Waals surface area contributed by atoms with Crippen molar-refractivity contribution in [3.63, 3.8) is 0 Å². The van der Waals surface area contributed by atoms with Crippen molar-refractivity contribution in [2.24, 2.45) is 0 Å². The first-order valence-electron chi connectivity index (χ1n) is 4.90. The first kappa shape index (κ1) is 11.8. The van der Waals surface area contributed by atoms with Gasteiger partial charge in [0.25, 0.3) is 0 Å². The van der Waals surface area contributed by atoms with Gasteiger partial charge in [0.1, 0.15) is 0 Å². The van der Waals surface area contributed by atoms with Crippen LogP contribution in [0.5, 0.6) is 0 Å². The molecular weight excluding hydrogens is 237 g/mol. The minimum atomic E-state index is -4.67. The first-order chi connectivity index (χ1) is 7.48. The summed E-state index contributed by atoms with van der Waals surface area (Å²) in [7, 11) is 0. The Balaban J connectivity index is 2.30. The number of alkyl halides is 3. The van der Waals surface area contributed by atoms with Crippen molar-refractivity contribution in [1.82, 2.24) is 0 Å². The largest absolute Gasteiger partial charge is 0.604 e. The predicted octanol–water partition coefficient (Wildman–Crippen LogP) is 3.01. The summed E-state index contributed by atoms with van der Waals surface area (Å²) in [5, 5.41) is 0. The van der Waals surface area contributed by atoms with Crippen LogP contribution in [-0.2, 0) is 24.0 Å². The van der Waals surface area contributed by atoms with Gasteiger partial charge in [-0.3, -0.25) is 0 Å². The predicted molar refractivity (Wildman–Crippen MR) is 55.2 cm³/mol. The molecule has 0 aromatic heterocycles. The summed E-state index contributed by atoms with van der Waals surface area (Å²) in [6.45, 7) is 0. The van der Waals surface area contributed by atoms with Gasteiger partial charge >= 0.3 is 5.51 Å². The topological polar surface area (TPSA) is 23.1 Å². The molecule has 0 spiro atoms. The van der Waals surface area contributed by atoms with Gasteiger partial charge < -0.3 is 4.55 Å². The van der Waals surface area contributed by atoms with E-state index in [4.69, 9.17) is 0 Å². The van der Waals surface area contributed by atoms with Gasteiger partial charge in [-0.15, -0.1) is 13.2 Å². The van der Waals surface area contributed by atoms with Crippen LogP contribution in [0.4, 0.5) is 13.2 Å². The summed E-state index contributed by atoms with van der Waals surface area (Å²) in [6, 6.07) is 4.38. The Labute approximate surface area is 94.8 Å². The molecule has 1 radical (unpaired) electrons. The van der Waals surface area contributed by atoms with Crippen LogP contribution in [0.1, 0.15) is 17.5 Å². The van der Waals surface area contributed by atoms with Gasteiger partial charge in [-0.2, -0.15) is 0 Å². The lowest BCUT2D eigenvalue weighted by atomic mass is 9.92. The van der Waals surface area contributed by atoms with Gasteiger partial charge in [0.2, 0.25) is 0 Å². The number of hydrogen-bond donors (Lipinski definition) is 0. The lowest BCUT2D eigenvalue weighted by molar-refractivity contribution is -0.0435. The third-order valence-electron chi connectivity index (χ3n) is 2.58. The molecule has 1 aromatic rings.